The average molecular weight is 373 g/mol. The van der Waals surface area contributed by atoms with E-state index in [1.165, 1.54) is 18.7 Å². The molecule has 3 aromatic rings. The highest BCUT2D eigenvalue weighted by Gasteiger charge is 2.20. The van der Waals surface area contributed by atoms with Crippen LogP contribution in [0, 0.1) is 6.92 Å². The van der Waals surface area contributed by atoms with Crippen LogP contribution in [0.25, 0.3) is 10.9 Å². The van der Waals surface area contributed by atoms with E-state index in [0.717, 1.165) is 0 Å². The number of hydrogen-bond donors (Lipinski definition) is 0. The summed E-state index contributed by atoms with van der Waals surface area (Å²) in [4.78, 5) is 12.6. The van der Waals surface area contributed by atoms with Gasteiger partial charge in [0.05, 0.1) is 25.5 Å². The summed E-state index contributed by atoms with van der Waals surface area (Å²) in [5.41, 5.74) is 1.01. The summed E-state index contributed by atoms with van der Waals surface area (Å²) in [6, 6.07) is 3.28. The lowest BCUT2D eigenvalue weighted by atomic mass is 10.1. The van der Waals surface area contributed by atoms with Crippen molar-refractivity contribution >= 4 is 56.5 Å². The molecule has 112 valence electrons. The van der Waals surface area contributed by atoms with Crippen molar-refractivity contribution < 1.29 is 4.21 Å². The molecular formula is C14H8Cl3N3OS. The molecule has 1 aromatic carbocycles. The monoisotopic (exact) mass is 371 g/mol. The lowest BCUT2D eigenvalue weighted by molar-refractivity contribution is 0.679. The SMILES string of the molecule is Cc1c(S(=O)c2cncnc2)nc2c(Cl)ccc(Cl)c2c1Cl. The maximum atomic E-state index is 12.7. The second-order valence-corrected chi connectivity index (χ2v) is 7.04. The molecule has 0 aliphatic carbocycles. The second-order valence-electron chi connectivity index (χ2n) is 4.45. The number of hydrogen-bond acceptors (Lipinski definition) is 4. The van der Waals surface area contributed by atoms with Crippen molar-refractivity contribution in [2.45, 2.75) is 16.8 Å². The molecule has 0 radical (unpaired) electrons. The minimum Gasteiger partial charge on any atom is -0.247 e. The van der Waals surface area contributed by atoms with Crippen LogP contribution in [0.2, 0.25) is 15.1 Å². The third-order valence-electron chi connectivity index (χ3n) is 3.09. The zero-order chi connectivity index (χ0) is 15.9. The van der Waals surface area contributed by atoms with Crippen molar-refractivity contribution in [1.29, 1.82) is 0 Å². The van der Waals surface area contributed by atoms with Crippen LogP contribution in [-0.2, 0) is 10.8 Å². The zero-order valence-electron chi connectivity index (χ0n) is 11.2. The molecule has 0 saturated carbocycles. The Balaban J connectivity index is 2.30. The lowest BCUT2D eigenvalue weighted by Crippen LogP contribution is -2.02. The number of benzene rings is 1. The molecule has 0 aliphatic heterocycles. The van der Waals surface area contributed by atoms with Crippen LogP contribution >= 0.6 is 34.8 Å². The minimum atomic E-state index is -1.56. The highest BCUT2D eigenvalue weighted by molar-refractivity contribution is 7.85. The molecule has 0 N–H and O–H groups in total. The summed E-state index contributed by atoms with van der Waals surface area (Å²) in [7, 11) is -1.56. The molecule has 1 atom stereocenters. The van der Waals surface area contributed by atoms with Gasteiger partial charge < -0.3 is 0 Å². The fourth-order valence-electron chi connectivity index (χ4n) is 2.00. The van der Waals surface area contributed by atoms with E-state index < -0.39 is 10.8 Å². The van der Waals surface area contributed by atoms with Crippen LogP contribution in [-0.4, -0.2) is 19.2 Å². The van der Waals surface area contributed by atoms with E-state index in [1.54, 1.807) is 19.1 Å². The normalized spacial score (nSPS) is 12.5. The first-order chi connectivity index (χ1) is 10.5. The van der Waals surface area contributed by atoms with Crippen LogP contribution < -0.4 is 0 Å². The average Bonchev–Trinajstić information content (AvgIpc) is 2.54. The fraction of sp³-hybridized carbons (Fsp3) is 0.0714. The quantitative estimate of drug-likeness (QED) is 0.666. The van der Waals surface area contributed by atoms with Crippen LogP contribution in [0.15, 0.2) is 40.8 Å². The zero-order valence-corrected chi connectivity index (χ0v) is 14.3. The fourth-order valence-corrected chi connectivity index (χ4v) is 3.92. The standard InChI is InChI=1S/C14H8Cl3N3OS/c1-7-12(17)11-9(15)2-3-10(16)13(11)20-14(7)22(21)8-4-18-6-19-5-8/h2-6H,1H3. The number of nitrogens with zero attached hydrogens (tertiary/aromatic N) is 3. The van der Waals surface area contributed by atoms with Gasteiger partial charge in [-0.3, -0.25) is 0 Å². The highest BCUT2D eigenvalue weighted by Crippen LogP contribution is 2.37. The van der Waals surface area contributed by atoms with Gasteiger partial charge >= 0.3 is 0 Å². The highest BCUT2D eigenvalue weighted by atomic mass is 35.5. The van der Waals surface area contributed by atoms with E-state index in [4.69, 9.17) is 34.8 Å². The summed E-state index contributed by atoms with van der Waals surface area (Å²) in [6.07, 6.45) is 4.31. The topological polar surface area (TPSA) is 55.7 Å². The van der Waals surface area contributed by atoms with Crippen molar-refractivity contribution in [2.24, 2.45) is 0 Å². The summed E-state index contributed by atoms with van der Waals surface area (Å²) < 4.78 is 12.7. The van der Waals surface area contributed by atoms with Gasteiger partial charge in [0.2, 0.25) is 0 Å². The minimum absolute atomic E-state index is 0.316. The van der Waals surface area contributed by atoms with Crippen molar-refractivity contribution in [1.82, 2.24) is 15.0 Å². The Hall–Kier alpha value is -1.27. The number of pyridine rings is 1. The lowest BCUT2D eigenvalue weighted by Gasteiger charge is -2.11. The Bertz CT molecular complexity index is 903. The first kappa shape index (κ1) is 15.6. The molecule has 8 heteroatoms. The van der Waals surface area contributed by atoms with Gasteiger partial charge in [-0.05, 0) is 19.1 Å². The molecule has 0 saturated heterocycles. The number of aromatic nitrogens is 3. The Labute approximate surface area is 143 Å². The van der Waals surface area contributed by atoms with E-state index in [1.807, 2.05) is 0 Å². The van der Waals surface area contributed by atoms with Gasteiger partial charge in [0.1, 0.15) is 22.2 Å². The Morgan fingerprint density at radius 1 is 1.05 bits per heavy atom. The number of fused-ring (bicyclic) bond motifs is 1. The maximum Gasteiger partial charge on any atom is 0.137 e. The van der Waals surface area contributed by atoms with Crippen LogP contribution in [0.4, 0.5) is 0 Å². The maximum absolute atomic E-state index is 12.7. The first-order valence-electron chi connectivity index (χ1n) is 6.11. The van der Waals surface area contributed by atoms with Crippen molar-refractivity contribution in [3.05, 3.63) is 51.5 Å². The molecule has 0 bridgehead atoms. The van der Waals surface area contributed by atoms with Gasteiger partial charge in [-0.1, -0.05) is 34.8 Å². The third-order valence-corrected chi connectivity index (χ3v) is 5.57. The molecule has 3 rings (SSSR count). The van der Waals surface area contributed by atoms with E-state index in [0.29, 0.717) is 41.5 Å². The van der Waals surface area contributed by atoms with Gasteiger partial charge in [-0.15, -0.1) is 0 Å². The third kappa shape index (κ3) is 2.58. The predicted octanol–water partition coefficient (Wildman–Crippen LogP) is 4.46. The van der Waals surface area contributed by atoms with Gasteiger partial charge in [-0.25, -0.2) is 19.2 Å². The molecule has 1 unspecified atom stereocenters. The van der Waals surface area contributed by atoms with Gasteiger partial charge in [0.25, 0.3) is 0 Å². The Kier molecular flexibility index (Phi) is 4.32. The van der Waals surface area contributed by atoms with Crippen molar-refractivity contribution in [3.8, 4) is 0 Å². The van der Waals surface area contributed by atoms with Gasteiger partial charge in [-0.2, -0.15) is 0 Å². The molecule has 22 heavy (non-hydrogen) atoms. The first-order valence-corrected chi connectivity index (χ1v) is 8.39. The van der Waals surface area contributed by atoms with E-state index in [9.17, 15) is 4.21 Å². The van der Waals surface area contributed by atoms with Crippen LogP contribution in [0.1, 0.15) is 5.56 Å². The van der Waals surface area contributed by atoms with Crippen LogP contribution in [0.3, 0.4) is 0 Å². The van der Waals surface area contributed by atoms with Crippen molar-refractivity contribution in [3.63, 3.8) is 0 Å². The Morgan fingerprint density at radius 2 is 1.68 bits per heavy atom. The van der Waals surface area contributed by atoms with E-state index in [2.05, 4.69) is 15.0 Å². The summed E-state index contributed by atoms with van der Waals surface area (Å²) in [6.45, 7) is 1.74. The molecule has 0 fully saturated rings. The van der Waals surface area contributed by atoms with E-state index in [-0.39, 0.29) is 0 Å². The van der Waals surface area contributed by atoms with E-state index >= 15 is 0 Å². The Morgan fingerprint density at radius 3 is 2.36 bits per heavy atom. The van der Waals surface area contributed by atoms with Gasteiger partial charge in [0.15, 0.2) is 0 Å². The molecule has 2 heterocycles. The van der Waals surface area contributed by atoms with Crippen LogP contribution in [0.5, 0.6) is 0 Å². The largest absolute Gasteiger partial charge is 0.247 e. The molecule has 0 amide bonds. The molecular weight excluding hydrogens is 365 g/mol. The predicted molar refractivity (Wildman–Crippen MR) is 88.2 cm³/mol. The van der Waals surface area contributed by atoms with Crippen molar-refractivity contribution in [2.75, 3.05) is 0 Å². The smallest absolute Gasteiger partial charge is 0.137 e. The number of rotatable bonds is 2. The second kappa shape index (κ2) is 6.08. The molecule has 2 aromatic heterocycles. The number of halogens is 3. The molecule has 0 spiro atoms. The molecule has 0 aliphatic rings. The van der Waals surface area contributed by atoms with Gasteiger partial charge in [0, 0.05) is 23.3 Å². The molecule has 4 nitrogen and oxygen atoms in total. The summed E-state index contributed by atoms with van der Waals surface area (Å²) >= 11 is 18.7. The summed E-state index contributed by atoms with van der Waals surface area (Å²) in [5.74, 6) is 0. The summed E-state index contributed by atoms with van der Waals surface area (Å²) in [5, 5.41) is 2.09.